The molecule has 0 aliphatic heterocycles. The molecule has 0 N–H and O–H groups in total. The Bertz CT molecular complexity index is 33.9. The monoisotopic (exact) mass is 106 g/mol. The molecule has 1 fully saturated rings. The maximum absolute atomic E-state index is 2.67. The predicted octanol–water partition coefficient (Wildman–Crippen LogP) is 1.67. The van der Waals surface area contributed by atoms with Crippen molar-refractivity contribution in [3.8, 4) is 0 Å². The van der Waals surface area contributed by atoms with Gasteiger partial charge in [0, 0.05) is 5.25 Å². The Hall–Kier alpha value is 0.780. The maximum Gasteiger partial charge on any atom is 0.00842 e. The van der Waals surface area contributed by atoms with Gasteiger partial charge >= 0.3 is 0 Å². The summed E-state index contributed by atoms with van der Waals surface area (Å²) in [7, 11) is 2.67. The van der Waals surface area contributed by atoms with Crippen LogP contribution in [0.3, 0.4) is 0 Å². The molecule has 1 atom stereocenters. The minimum atomic E-state index is 1.01. The van der Waals surface area contributed by atoms with E-state index in [1.165, 1.54) is 12.8 Å². The van der Waals surface area contributed by atoms with E-state index in [0.29, 0.717) is 0 Å². The molecule has 0 amide bonds. The fraction of sp³-hybridized carbons (Fsp3) is 1.00. The molecule has 0 bridgehead atoms. The van der Waals surface area contributed by atoms with Crippen molar-refractivity contribution >= 4 is 19.8 Å². The van der Waals surface area contributed by atoms with Crippen molar-refractivity contribution in [3.05, 3.63) is 0 Å². The highest BCUT2D eigenvalue weighted by atomic mass is 32.7. The van der Waals surface area contributed by atoms with Gasteiger partial charge in [-0.2, -0.15) is 0 Å². The molecule has 1 unspecified atom stereocenters. The summed E-state index contributed by atoms with van der Waals surface area (Å²) >= 11 is 1.91. The SMILES string of the molecule is PSC1CC1. The molecule has 0 radical (unpaired) electrons. The lowest BCUT2D eigenvalue weighted by Gasteiger charge is -1.74. The van der Waals surface area contributed by atoms with Crippen LogP contribution in [0.2, 0.25) is 0 Å². The van der Waals surface area contributed by atoms with Gasteiger partial charge in [-0.05, 0) is 12.8 Å². The van der Waals surface area contributed by atoms with Crippen LogP contribution in [0, 0.1) is 0 Å². The second kappa shape index (κ2) is 1.49. The molecule has 1 aliphatic rings. The number of hydrogen-bond acceptors (Lipinski definition) is 1. The number of rotatable bonds is 1. The van der Waals surface area contributed by atoms with E-state index in [2.05, 4.69) is 8.44 Å². The highest BCUT2D eigenvalue weighted by molar-refractivity contribution is 8.44. The number of hydrogen-bond donors (Lipinski definition) is 0. The molecule has 0 heterocycles. The standard InChI is InChI=1S/C3H7PS/c4-5-3-1-2-3/h3H,1-2,4H2. The topological polar surface area (TPSA) is 0 Å². The van der Waals surface area contributed by atoms with E-state index in [-0.39, 0.29) is 0 Å². The largest absolute Gasteiger partial charge is 0.138 e. The van der Waals surface area contributed by atoms with E-state index in [0.717, 1.165) is 5.25 Å². The van der Waals surface area contributed by atoms with Gasteiger partial charge in [-0.25, -0.2) is 0 Å². The summed E-state index contributed by atoms with van der Waals surface area (Å²) in [4.78, 5) is 0. The normalized spacial score (nSPS) is 23.4. The summed E-state index contributed by atoms with van der Waals surface area (Å²) in [5.74, 6) is 0. The fourth-order valence-corrected chi connectivity index (χ4v) is 1.43. The van der Waals surface area contributed by atoms with Crippen molar-refractivity contribution in [1.29, 1.82) is 0 Å². The fourth-order valence-electron chi connectivity index (χ4n) is 0.204. The van der Waals surface area contributed by atoms with E-state index < -0.39 is 0 Å². The van der Waals surface area contributed by atoms with Crippen molar-refractivity contribution in [2.24, 2.45) is 0 Å². The summed E-state index contributed by atoms with van der Waals surface area (Å²) in [5, 5.41) is 1.01. The Morgan fingerprint density at radius 2 is 2.20 bits per heavy atom. The highest BCUT2D eigenvalue weighted by Gasteiger charge is 2.18. The van der Waals surface area contributed by atoms with Crippen LogP contribution in [-0.4, -0.2) is 5.25 Å². The summed E-state index contributed by atoms with van der Waals surface area (Å²) in [6.07, 6.45) is 2.91. The van der Waals surface area contributed by atoms with Crippen molar-refractivity contribution < 1.29 is 0 Å². The average Bonchev–Trinajstić information content (AvgIpc) is 2.12. The Morgan fingerprint density at radius 1 is 1.60 bits per heavy atom. The van der Waals surface area contributed by atoms with Crippen LogP contribution in [0.15, 0.2) is 0 Å². The van der Waals surface area contributed by atoms with Gasteiger partial charge in [0.1, 0.15) is 0 Å². The van der Waals surface area contributed by atoms with Crippen LogP contribution >= 0.6 is 19.8 Å². The van der Waals surface area contributed by atoms with E-state index in [9.17, 15) is 0 Å². The van der Waals surface area contributed by atoms with Crippen LogP contribution in [0.25, 0.3) is 0 Å². The Balaban J connectivity index is 2.00. The molecular weight excluding hydrogens is 99.1 g/mol. The second-order valence-corrected chi connectivity index (χ2v) is 3.09. The molecular formula is C3H7PS. The predicted molar refractivity (Wildman–Crippen MR) is 30.3 cm³/mol. The Kier molecular flexibility index (Phi) is 1.17. The lowest BCUT2D eigenvalue weighted by molar-refractivity contribution is 1.50. The molecule has 5 heavy (non-hydrogen) atoms. The summed E-state index contributed by atoms with van der Waals surface area (Å²) in [5.41, 5.74) is 0. The first-order valence-electron chi connectivity index (χ1n) is 1.79. The van der Waals surface area contributed by atoms with Gasteiger partial charge < -0.3 is 0 Å². The zero-order valence-corrected chi connectivity index (χ0v) is 4.95. The van der Waals surface area contributed by atoms with Gasteiger partial charge in [-0.15, -0.1) is 11.4 Å². The van der Waals surface area contributed by atoms with E-state index in [1.54, 1.807) is 0 Å². The van der Waals surface area contributed by atoms with Crippen molar-refractivity contribution in [2.45, 2.75) is 18.1 Å². The minimum Gasteiger partial charge on any atom is -0.138 e. The lowest BCUT2D eigenvalue weighted by Crippen LogP contribution is -1.52. The Labute approximate surface area is 38.7 Å². The third-order valence-corrected chi connectivity index (χ3v) is 2.73. The molecule has 0 nitrogen and oxygen atoms in total. The van der Waals surface area contributed by atoms with Gasteiger partial charge in [-0.3, -0.25) is 0 Å². The third kappa shape index (κ3) is 1.11. The zero-order chi connectivity index (χ0) is 3.70. The lowest BCUT2D eigenvalue weighted by atomic mass is 11.0. The van der Waals surface area contributed by atoms with Crippen LogP contribution in [0.5, 0.6) is 0 Å². The first kappa shape index (κ1) is 3.95. The molecule has 1 rings (SSSR count). The summed E-state index contributed by atoms with van der Waals surface area (Å²) < 4.78 is 0. The second-order valence-electron chi connectivity index (χ2n) is 1.34. The van der Waals surface area contributed by atoms with Crippen LogP contribution in [0.1, 0.15) is 12.8 Å². The Morgan fingerprint density at radius 3 is 2.20 bits per heavy atom. The molecule has 0 saturated heterocycles. The molecule has 2 heteroatoms. The summed E-state index contributed by atoms with van der Waals surface area (Å²) in [6.45, 7) is 0. The molecule has 1 saturated carbocycles. The van der Waals surface area contributed by atoms with Gasteiger partial charge in [-0.1, -0.05) is 8.44 Å². The molecule has 0 aromatic carbocycles. The van der Waals surface area contributed by atoms with E-state index in [1.807, 2.05) is 11.4 Å². The molecule has 0 aromatic rings. The van der Waals surface area contributed by atoms with E-state index >= 15 is 0 Å². The van der Waals surface area contributed by atoms with Gasteiger partial charge in [0.15, 0.2) is 0 Å². The van der Waals surface area contributed by atoms with E-state index in [4.69, 9.17) is 0 Å². The van der Waals surface area contributed by atoms with Crippen molar-refractivity contribution in [3.63, 3.8) is 0 Å². The quantitative estimate of drug-likeness (QED) is 0.458. The first-order valence-corrected chi connectivity index (χ1v) is 4.14. The third-order valence-electron chi connectivity index (χ3n) is 0.717. The smallest absolute Gasteiger partial charge is 0.00842 e. The van der Waals surface area contributed by atoms with Crippen molar-refractivity contribution in [1.82, 2.24) is 0 Å². The van der Waals surface area contributed by atoms with Crippen molar-refractivity contribution in [2.75, 3.05) is 0 Å². The van der Waals surface area contributed by atoms with Gasteiger partial charge in [0.25, 0.3) is 0 Å². The zero-order valence-electron chi connectivity index (χ0n) is 2.98. The van der Waals surface area contributed by atoms with Crippen LogP contribution < -0.4 is 0 Å². The molecule has 0 aromatic heterocycles. The molecule has 1 aliphatic carbocycles. The van der Waals surface area contributed by atoms with Crippen LogP contribution in [0.4, 0.5) is 0 Å². The first-order chi connectivity index (χ1) is 2.43. The highest BCUT2D eigenvalue weighted by Crippen LogP contribution is 2.37. The van der Waals surface area contributed by atoms with Gasteiger partial charge in [0.2, 0.25) is 0 Å². The molecule has 0 spiro atoms. The summed E-state index contributed by atoms with van der Waals surface area (Å²) in [6, 6.07) is 0. The average molecular weight is 106 g/mol. The van der Waals surface area contributed by atoms with Gasteiger partial charge in [0.05, 0.1) is 0 Å². The molecule has 30 valence electrons. The maximum atomic E-state index is 2.67. The minimum absolute atomic E-state index is 1.01. The van der Waals surface area contributed by atoms with Crippen LogP contribution in [-0.2, 0) is 0 Å².